The number of nitrogens with two attached hydrogens (primary N) is 1. The van der Waals surface area contributed by atoms with Crippen molar-refractivity contribution in [2.24, 2.45) is 5.92 Å². The molecule has 0 aliphatic rings. The molecule has 0 fully saturated rings. The number of nitrogens with zero attached hydrogens (tertiary/aromatic N) is 2. The zero-order chi connectivity index (χ0) is 24.8. The minimum absolute atomic E-state index is 0.00632. The first-order valence-corrected chi connectivity index (χ1v) is 11.5. The zero-order valence-corrected chi connectivity index (χ0v) is 20.2. The van der Waals surface area contributed by atoms with E-state index >= 15 is 0 Å². The predicted octanol–water partition coefficient (Wildman–Crippen LogP) is 3.39. The molecule has 0 aliphatic carbocycles. The van der Waals surface area contributed by atoms with Gasteiger partial charge in [-0.05, 0) is 29.0 Å². The van der Waals surface area contributed by atoms with Crippen LogP contribution in [0.25, 0.3) is 0 Å². The highest BCUT2D eigenvalue weighted by Crippen LogP contribution is 2.24. The van der Waals surface area contributed by atoms with E-state index < -0.39 is 11.2 Å². The summed E-state index contributed by atoms with van der Waals surface area (Å²) < 4.78 is 1.29. The van der Waals surface area contributed by atoms with Crippen LogP contribution in [0.5, 0.6) is 0 Å². The van der Waals surface area contributed by atoms with Gasteiger partial charge in [0.15, 0.2) is 5.69 Å². The Morgan fingerprint density at radius 3 is 2.32 bits per heavy atom. The van der Waals surface area contributed by atoms with Crippen molar-refractivity contribution in [3.05, 3.63) is 86.6 Å². The number of rotatable bonds is 9. The number of H-pyrrole nitrogens is 1. The third kappa shape index (κ3) is 5.75. The fourth-order valence-corrected chi connectivity index (χ4v) is 3.87. The van der Waals surface area contributed by atoms with E-state index in [9.17, 15) is 14.4 Å². The Bertz CT molecular complexity index is 1250. The first-order valence-electron chi connectivity index (χ1n) is 11.5. The lowest BCUT2D eigenvalue weighted by molar-refractivity contribution is -0.117. The third-order valence-corrected chi connectivity index (χ3v) is 5.53. The van der Waals surface area contributed by atoms with Gasteiger partial charge in [0.1, 0.15) is 5.82 Å². The van der Waals surface area contributed by atoms with Crippen molar-refractivity contribution in [2.75, 3.05) is 29.0 Å². The van der Waals surface area contributed by atoms with Crippen LogP contribution in [-0.2, 0) is 11.3 Å². The van der Waals surface area contributed by atoms with Gasteiger partial charge in [-0.3, -0.25) is 19.1 Å². The molecule has 3 rings (SSSR count). The average Bonchev–Trinajstić information content (AvgIpc) is 2.80. The van der Waals surface area contributed by atoms with Crippen LogP contribution in [0.1, 0.15) is 44.7 Å². The van der Waals surface area contributed by atoms with E-state index in [0.29, 0.717) is 0 Å². The summed E-state index contributed by atoms with van der Waals surface area (Å²) in [7, 11) is 0. The van der Waals surface area contributed by atoms with Crippen molar-refractivity contribution < 1.29 is 4.79 Å². The summed E-state index contributed by atoms with van der Waals surface area (Å²) in [5, 5.41) is 3.21. The number of hydrogen-bond acceptors (Lipinski definition) is 5. The topological polar surface area (TPSA) is 113 Å². The predicted molar refractivity (Wildman–Crippen MR) is 137 cm³/mol. The zero-order valence-electron chi connectivity index (χ0n) is 20.2. The van der Waals surface area contributed by atoms with Gasteiger partial charge in [-0.1, -0.05) is 76.2 Å². The maximum absolute atomic E-state index is 13.4. The molecule has 1 aromatic heterocycles. The van der Waals surface area contributed by atoms with Crippen LogP contribution >= 0.6 is 0 Å². The van der Waals surface area contributed by atoms with Gasteiger partial charge in [-0.15, -0.1) is 0 Å². The van der Waals surface area contributed by atoms with E-state index in [-0.39, 0.29) is 48.9 Å². The number of hydrogen-bond donors (Lipinski definition) is 3. The van der Waals surface area contributed by atoms with Crippen LogP contribution in [-0.4, -0.2) is 28.5 Å². The number of benzene rings is 2. The van der Waals surface area contributed by atoms with Crippen molar-refractivity contribution in [3.8, 4) is 0 Å². The quantitative estimate of drug-likeness (QED) is 0.450. The van der Waals surface area contributed by atoms with Crippen LogP contribution in [0.4, 0.5) is 17.2 Å². The number of carbonyl (C=O) groups is 1. The fraction of sp³-hybridized carbons (Fsp3) is 0.346. The summed E-state index contributed by atoms with van der Waals surface area (Å²) in [6, 6.07) is 17.1. The molecule has 180 valence electrons. The maximum atomic E-state index is 13.4. The van der Waals surface area contributed by atoms with Gasteiger partial charge in [-0.2, -0.15) is 0 Å². The highest BCUT2D eigenvalue weighted by Gasteiger charge is 2.25. The van der Waals surface area contributed by atoms with Crippen LogP contribution in [0.3, 0.4) is 0 Å². The van der Waals surface area contributed by atoms with Crippen LogP contribution in [0.2, 0.25) is 0 Å². The molecule has 0 saturated carbocycles. The molecule has 0 atom stereocenters. The number of aromatic nitrogens is 2. The Morgan fingerprint density at radius 2 is 1.68 bits per heavy atom. The van der Waals surface area contributed by atoms with E-state index in [1.165, 1.54) is 9.47 Å². The number of amides is 1. The molecule has 1 heterocycles. The smallest absolute Gasteiger partial charge is 0.330 e. The summed E-state index contributed by atoms with van der Waals surface area (Å²) in [6.07, 6.45) is 0. The lowest BCUT2D eigenvalue weighted by Gasteiger charge is -2.26. The number of para-hydroxylation sites is 1. The Hall–Kier alpha value is -3.81. The van der Waals surface area contributed by atoms with Crippen molar-refractivity contribution in [1.29, 1.82) is 0 Å². The molecule has 0 saturated heterocycles. The second-order valence-corrected chi connectivity index (χ2v) is 9.06. The molecule has 0 bridgehead atoms. The van der Waals surface area contributed by atoms with E-state index in [1.807, 2.05) is 68.4 Å². The van der Waals surface area contributed by atoms with Crippen LogP contribution in [0.15, 0.2) is 64.2 Å². The molecular weight excluding hydrogens is 430 g/mol. The highest BCUT2D eigenvalue weighted by molar-refractivity contribution is 5.98. The number of nitrogen functional groups attached to an aromatic ring is 1. The molecule has 34 heavy (non-hydrogen) atoms. The monoisotopic (exact) mass is 463 g/mol. The number of anilines is 3. The number of aromatic amines is 1. The number of carbonyl (C=O) groups excluding carboxylic acids is 1. The van der Waals surface area contributed by atoms with E-state index in [1.54, 1.807) is 0 Å². The van der Waals surface area contributed by atoms with Gasteiger partial charge >= 0.3 is 5.69 Å². The van der Waals surface area contributed by atoms with Crippen molar-refractivity contribution in [2.45, 2.75) is 40.2 Å². The van der Waals surface area contributed by atoms with Crippen molar-refractivity contribution >= 4 is 23.1 Å². The van der Waals surface area contributed by atoms with E-state index in [2.05, 4.69) is 24.1 Å². The standard InChI is InChI=1S/C26H33N5O3/c1-17(2)15-30(22(32)14-28-21-13-9-8-12-20(21)18(3)4)23-24(27)31(26(34)29-25(23)33)16-19-10-6-5-7-11-19/h5-13,17-18,28H,14-16,27H2,1-4H3,(H,29,33,34). The third-order valence-electron chi connectivity index (χ3n) is 5.53. The molecule has 1 amide bonds. The minimum atomic E-state index is -0.677. The lowest BCUT2D eigenvalue weighted by Crippen LogP contribution is -2.44. The molecule has 8 heteroatoms. The first kappa shape index (κ1) is 24.8. The molecule has 0 unspecified atom stereocenters. The molecule has 0 aliphatic heterocycles. The summed E-state index contributed by atoms with van der Waals surface area (Å²) in [4.78, 5) is 42.5. The first-order chi connectivity index (χ1) is 16.2. The van der Waals surface area contributed by atoms with Gasteiger partial charge in [-0.25, -0.2) is 4.79 Å². The van der Waals surface area contributed by atoms with Crippen LogP contribution in [0, 0.1) is 5.92 Å². The van der Waals surface area contributed by atoms with Crippen molar-refractivity contribution in [3.63, 3.8) is 0 Å². The summed E-state index contributed by atoms with van der Waals surface area (Å²) in [5.74, 6) is 0.00866. The molecule has 0 spiro atoms. The Morgan fingerprint density at radius 1 is 1.03 bits per heavy atom. The molecule has 2 aromatic carbocycles. The number of nitrogens with one attached hydrogen (secondary N) is 2. The second-order valence-electron chi connectivity index (χ2n) is 9.06. The Kier molecular flexibility index (Phi) is 7.94. The molecule has 0 radical (unpaired) electrons. The SMILES string of the molecule is CC(C)CN(C(=O)CNc1ccccc1C(C)C)c1c(N)n(Cc2ccccc2)c(=O)[nH]c1=O. The lowest BCUT2D eigenvalue weighted by atomic mass is 10.0. The van der Waals surface area contributed by atoms with Gasteiger partial charge in [0, 0.05) is 12.2 Å². The summed E-state index contributed by atoms with van der Waals surface area (Å²) in [6.45, 7) is 8.51. The normalized spacial score (nSPS) is 11.1. The molecule has 3 aromatic rings. The van der Waals surface area contributed by atoms with Gasteiger partial charge in [0.05, 0.1) is 13.1 Å². The summed E-state index contributed by atoms with van der Waals surface area (Å²) >= 11 is 0. The van der Waals surface area contributed by atoms with E-state index in [0.717, 1.165) is 16.8 Å². The Labute approximate surface area is 199 Å². The molecule has 8 nitrogen and oxygen atoms in total. The van der Waals surface area contributed by atoms with Gasteiger partial charge < -0.3 is 16.0 Å². The molecular formula is C26H33N5O3. The second kappa shape index (κ2) is 10.9. The average molecular weight is 464 g/mol. The van der Waals surface area contributed by atoms with Gasteiger partial charge in [0.25, 0.3) is 5.56 Å². The van der Waals surface area contributed by atoms with Gasteiger partial charge in [0.2, 0.25) is 5.91 Å². The fourth-order valence-electron chi connectivity index (χ4n) is 3.87. The summed E-state index contributed by atoms with van der Waals surface area (Å²) in [5.41, 5.74) is 7.86. The van der Waals surface area contributed by atoms with Crippen molar-refractivity contribution in [1.82, 2.24) is 9.55 Å². The van der Waals surface area contributed by atoms with E-state index in [4.69, 9.17) is 5.73 Å². The highest BCUT2D eigenvalue weighted by atomic mass is 16.2. The van der Waals surface area contributed by atoms with Crippen LogP contribution < -0.4 is 27.2 Å². The minimum Gasteiger partial charge on any atom is -0.383 e. The maximum Gasteiger partial charge on any atom is 0.330 e. The Balaban J connectivity index is 1.96. The largest absolute Gasteiger partial charge is 0.383 e. The molecule has 4 N–H and O–H groups in total.